The summed E-state index contributed by atoms with van der Waals surface area (Å²) in [5.74, 6) is -0.610. The molecule has 0 radical (unpaired) electrons. The maximum absolute atomic E-state index is 12.7. The molecular weight excluding hydrogens is 240 g/mol. The van der Waals surface area contributed by atoms with Crippen LogP contribution >= 0.6 is 12.2 Å². The summed E-state index contributed by atoms with van der Waals surface area (Å²) in [4.78, 5) is 0.469. The Kier molecular flexibility index (Phi) is 3.44. The third kappa shape index (κ3) is 3.07. The zero-order valence-corrected chi connectivity index (χ0v) is 9.60. The Bertz CT molecular complexity index is 520. The SMILES string of the molecule is Fc1ccc(NC(=S)c2ccc(F)cc2)cc1. The van der Waals surface area contributed by atoms with Gasteiger partial charge < -0.3 is 5.32 Å². The van der Waals surface area contributed by atoms with Crippen LogP contribution in [0.5, 0.6) is 0 Å². The number of hydrogen-bond donors (Lipinski definition) is 1. The number of anilines is 1. The summed E-state index contributed by atoms with van der Waals surface area (Å²) in [7, 11) is 0. The van der Waals surface area contributed by atoms with Crippen LogP contribution in [-0.4, -0.2) is 4.99 Å². The molecule has 1 N–H and O–H groups in total. The zero-order valence-electron chi connectivity index (χ0n) is 8.78. The van der Waals surface area contributed by atoms with Gasteiger partial charge in [-0.05, 0) is 48.5 Å². The smallest absolute Gasteiger partial charge is 0.123 e. The Hall–Kier alpha value is -1.81. The van der Waals surface area contributed by atoms with Gasteiger partial charge in [0.05, 0.1) is 0 Å². The molecule has 2 aromatic carbocycles. The second-order valence-corrected chi connectivity index (χ2v) is 3.88. The van der Waals surface area contributed by atoms with Crippen molar-refractivity contribution in [2.75, 3.05) is 5.32 Å². The van der Waals surface area contributed by atoms with E-state index in [1.54, 1.807) is 24.3 Å². The van der Waals surface area contributed by atoms with E-state index in [2.05, 4.69) is 5.32 Å². The van der Waals surface area contributed by atoms with Gasteiger partial charge >= 0.3 is 0 Å². The van der Waals surface area contributed by atoms with Crippen LogP contribution in [0.2, 0.25) is 0 Å². The highest BCUT2D eigenvalue weighted by Crippen LogP contribution is 2.11. The summed E-state index contributed by atoms with van der Waals surface area (Å²) in [6.07, 6.45) is 0. The largest absolute Gasteiger partial charge is 0.346 e. The lowest BCUT2D eigenvalue weighted by atomic mass is 10.2. The van der Waals surface area contributed by atoms with Gasteiger partial charge in [-0.3, -0.25) is 0 Å². The van der Waals surface area contributed by atoms with E-state index in [-0.39, 0.29) is 11.6 Å². The van der Waals surface area contributed by atoms with Gasteiger partial charge in [-0.2, -0.15) is 0 Å². The average molecular weight is 249 g/mol. The van der Waals surface area contributed by atoms with Crippen LogP contribution in [-0.2, 0) is 0 Å². The van der Waals surface area contributed by atoms with Crippen molar-refractivity contribution in [1.82, 2.24) is 0 Å². The van der Waals surface area contributed by atoms with E-state index in [0.29, 0.717) is 16.2 Å². The Balaban J connectivity index is 2.11. The van der Waals surface area contributed by atoms with E-state index >= 15 is 0 Å². The van der Waals surface area contributed by atoms with Crippen LogP contribution in [0, 0.1) is 11.6 Å². The minimum Gasteiger partial charge on any atom is -0.346 e. The first-order valence-electron chi connectivity index (χ1n) is 4.97. The van der Waals surface area contributed by atoms with Gasteiger partial charge in [-0.25, -0.2) is 8.78 Å². The first kappa shape index (κ1) is 11.7. The van der Waals surface area contributed by atoms with Crippen molar-refractivity contribution in [2.45, 2.75) is 0 Å². The lowest BCUT2D eigenvalue weighted by molar-refractivity contribution is 0.627. The molecule has 0 spiro atoms. The van der Waals surface area contributed by atoms with Crippen LogP contribution in [0.4, 0.5) is 14.5 Å². The highest BCUT2D eigenvalue weighted by atomic mass is 32.1. The molecular formula is C13H9F2NS. The summed E-state index contributed by atoms with van der Waals surface area (Å²) < 4.78 is 25.4. The maximum Gasteiger partial charge on any atom is 0.123 e. The fraction of sp³-hybridized carbons (Fsp3) is 0. The Labute approximate surface area is 103 Å². The van der Waals surface area contributed by atoms with Gasteiger partial charge in [0.15, 0.2) is 0 Å². The molecule has 0 aliphatic heterocycles. The van der Waals surface area contributed by atoms with Crippen LogP contribution in [0.15, 0.2) is 48.5 Å². The van der Waals surface area contributed by atoms with Crippen molar-refractivity contribution in [1.29, 1.82) is 0 Å². The normalized spacial score (nSPS) is 10.0. The second kappa shape index (κ2) is 5.01. The predicted octanol–water partition coefficient (Wildman–Crippen LogP) is 3.75. The van der Waals surface area contributed by atoms with Crippen molar-refractivity contribution in [3.8, 4) is 0 Å². The molecule has 1 nitrogen and oxygen atoms in total. The Morgan fingerprint density at radius 1 is 0.824 bits per heavy atom. The van der Waals surface area contributed by atoms with Gasteiger partial charge in [-0.15, -0.1) is 0 Å². The monoisotopic (exact) mass is 249 g/mol. The van der Waals surface area contributed by atoms with Gasteiger partial charge in [-0.1, -0.05) is 12.2 Å². The molecule has 0 amide bonds. The van der Waals surface area contributed by atoms with E-state index in [1.807, 2.05) is 0 Å². The predicted molar refractivity (Wildman–Crippen MR) is 68.1 cm³/mol. The van der Waals surface area contributed by atoms with Crippen LogP contribution in [0.25, 0.3) is 0 Å². The number of nitrogens with one attached hydrogen (secondary N) is 1. The molecule has 4 heteroatoms. The molecule has 0 fully saturated rings. The lowest BCUT2D eigenvalue weighted by Gasteiger charge is -2.07. The third-order valence-corrected chi connectivity index (χ3v) is 2.55. The molecule has 2 rings (SSSR count). The molecule has 86 valence electrons. The number of hydrogen-bond acceptors (Lipinski definition) is 1. The summed E-state index contributed by atoms with van der Waals surface area (Å²) >= 11 is 5.15. The highest BCUT2D eigenvalue weighted by Gasteiger charge is 2.02. The maximum atomic E-state index is 12.7. The van der Waals surface area contributed by atoms with E-state index < -0.39 is 0 Å². The first-order chi connectivity index (χ1) is 8.15. The fourth-order valence-electron chi connectivity index (χ4n) is 1.34. The highest BCUT2D eigenvalue weighted by molar-refractivity contribution is 7.81. The standard InChI is InChI=1S/C13H9F2NS/c14-10-3-1-9(2-4-10)13(17)16-12-7-5-11(15)6-8-12/h1-8H,(H,16,17). The molecule has 0 atom stereocenters. The van der Waals surface area contributed by atoms with E-state index in [0.717, 1.165) is 0 Å². The van der Waals surface area contributed by atoms with Crippen molar-refractivity contribution in [2.24, 2.45) is 0 Å². The molecule has 0 aromatic heterocycles. The quantitative estimate of drug-likeness (QED) is 0.813. The van der Waals surface area contributed by atoms with Crippen LogP contribution in [0.3, 0.4) is 0 Å². The number of benzene rings is 2. The van der Waals surface area contributed by atoms with E-state index in [9.17, 15) is 8.78 Å². The van der Waals surface area contributed by atoms with Gasteiger partial charge in [0.1, 0.15) is 16.6 Å². The second-order valence-electron chi connectivity index (χ2n) is 3.47. The number of rotatable bonds is 2. The molecule has 0 saturated heterocycles. The molecule has 0 saturated carbocycles. The molecule has 0 bridgehead atoms. The van der Waals surface area contributed by atoms with E-state index in [1.165, 1.54) is 24.3 Å². The lowest BCUT2D eigenvalue weighted by Crippen LogP contribution is -2.10. The zero-order chi connectivity index (χ0) is 12.3. The Morgan fingerprint density at radius 3 is 1.82 bits per heavy atom. The fourth-order valence-corrected chi connectivity index (χ4v) is 1.59. The summed E-state index contributed by atoms with van der Waals surface area (Å²) in [6, 6.07) is 11.7. The molecule has 0 aliphatic carbocycles. The molecule has 0 aliphatic rings. The molecule has 2 aromatic rings. The van der Waals surface area contributed by atoms with Gasteiger partial charge in [0, 0.05) is 11.3 Å². The molecule has 0 unspecified atom stereocenters. The van der Waals surface area contributed by atoms with Crippen LogP contribution < -0.4 is 5.32 Å². The molecule has 0 heterocycles. The van der Waals surface area contributed by atoms with Crippen molar-refractivity contribution >= 4 is 22.9 Å². The van der Waals surface area contributed by atoms with E-state index in [4.69, 9.17) is 12.2 Å². The summed E-state index contributed by atoms with van der Waals surface area (Å²) in [6.45, 7) is 0. The van der Waals surface area contributed by atoms with Crippen molar-refractivity contribution < 1.29 is 8.78 Å². The number of halogens is 2. The number of thiocarbonyl (C=S) groups is 1. The minimum atomic E-state index is -0.307. The van der Waals surface area contributed by atoms with Crippen LogP contribution in [0.1, 0.15) is 5.56 Å². The molecule has 17 heavy (non-hydrogen) atoms. The van der Waals surface area contributed by atoms with Gasteiger partial charge in [0.25, 0.3) is 0 Å². The van der Waals surface area contributed by atoms with Crippen molar-refractivity contribution in [3.05, 3.63) is 65.7 Å². The average Bonchev–Trinajstić information content (AvgIpc) is 2.33. The topological polar surface area (TPSA) is 12.0 Å². The third-order valence-electron chi connectivity index (χ3n) is 2.21. The summed E-state index contributed by atoms with van der Waals surface area (Å²) in [5, 5.41) is 2.95. The minimum absolute atomic E-state index is 0.303. The Morgan fingerprint density at radius 2 is 1.29 bits per heavy atom. The summed E-state index contributed by atoms with van der Waals surface area (Å²) in [5.41, 5.74) is 1.41. The van der Waals surface area contributed by atoms with Gasteiger partial charge in [0.2, 0.25) is 0 Å². The van der Waals surface area contributed by atoms with Crippen molar-refractivity contribution in [3.63, 3.8) is 0 Å². The first-order valence-corrected chi connectivity index (χ1v) is 5.38.